The van der Waals surface area contributed by atoms with Gasteiger partial charge in [0.1, 0.15) is 0 Å². The van der Waals surface area contributed by atoms with Gasteiger partial charge in [0.25, 0.3) is 5.56 Å². The molecule has 2 aromatic carbocycles. The van der Waals surface area contributed by atoms with E-state index < -0.39 is 10.0 Å². The highest BCUT2D eigenvalue weighted by molar-refractivity contribution is 7.89. The van der Waals surface area contributed by atoms with Gasteiger partial charge in [-0.2, -0.15) is 5.10 Å². The fourth-order valence-corrected chi connectivity index (χ4v) is 3.01. The first-order valence-corrected chi connectivity index (χ1v) is 8.47. The van der Waals surface area contributed by atoms with E-state index in [4.69, 9.17) is 5.14 Å². The van der Waals surface area contributed by atoms with E-state index in [1.165, 1.54) is 16.8 Å². The van der Waals surface area contributed by atoms with Crippen molar-refractivity contribution < 1.29 is 8.42 Å². The highest BCUT2D eigenvalue weighted by Crippen LogP contribution is 2.17. The van der Waals surface area contributed by atoms with Gasteiger partial charge in [0.05, 0.1) is 16.0 Å². The first kappa shape index (κ1) is 15.4. The van der Waals surface area contributed by atoms with Crippen molar-refractivity contribution in [2.75, 3.05) is 0 Å². The molecule has 0 atom stereocenters. The van der Waals surface area contributed by atoms with Gasteiger partial charge in [0.15, 0.2) is 0 Å². The Kier molecular flexibility index (Phi) is 3.75. The summed E-state index contributed by atoms with van der Waals surface area (Å²) in [6.07, 6.45) is 0.486. The Balaban J connectivity index is 2.05. The Morgan fingerprint density at radius 1 is 1.04 bits per heavy atom. The van der Waals surface area contributed by atoms with Crippen LogP contribution < -0.4 is 10.7 Å². The summed E-state index contributed by atoms with van der Waals surface area (Å²) < 4.78 is 23.9. The molecule has 1 heterocycles. The molecule has 0 aliphatic heterocycles. The Morgan fingerprint density at radius 2 is 1.65 bits per heavy atom. The molecule has 7 heteroatoms. The number of nitrogens with zero attached hydrogens (tertiary/aromatic N) is 2. The van der Waals surface area contributed by atoms with E-state index in [2.05, 4.69) is 5.10 Å². The van der Waals surface area contributed by atoms with Gasteiger partial charge >= 0.3 is 0 Å². The van der Waals surface area contributed by atoms with Crippen molar-refractivity contribution in [1.82, 2.24) is 9.78 Å². The molecule has 6 nitrogen and oxygen atoms in total. The largest absolute Gasteiger partial charge is 0.274 e. The Hall–Kier alpha value is -2.51. The topological polar surface area (TPSA) is 95.1 Å². The summed E-state index contributed by atoms with van der Waals surface area (Å²) in [5.74, 6) is 0. The minimum absolute atomic E-state index is 0.0690. The number of benzene rings is 2. The van der Waals surface area contributed by atoms with Crippen molar-refractivity contribution in [2.24, 2.45) is 12.2 Å². The lowest BCUT2D eigenvalue weighted by atomic mass is 10.0. The zero-order valence-electron chi connectivity index (χ0n) is 12.4. The molecule has 0 saturated heterocycles. The summed E-state index contributed by atoms with van der Waals surface area (Å²) in [5, 5.41) is 10.8. The SMILES string of the molecule is Cn1nc(Cc2ccc(S(N)(=O)=O)cc2)c2ccccc2c1=O. The van der Waals surface area contributed by atoms with Crippen molar-refractivity contribution in [3.8, 4) is 0 Å². The van der Waals surface area contributed by atoms with E-state index in [1.807, 2.05) is 18.2 Å². The number of nitrogens with two attached hydrogens (primary N) is 1. The Bertz CT molecular complexity index is 1040. The molecular weight excluding hydrogens is 314 g/mol. The molecule has 0 amide bonds. The summed E-state index contributed by atoms with van der Waals surface area (Å²) >= 11 is 0. The van der Waals surface area contributed by atoms with Crippen LogP contribution in [0.5, 0.6) is 0 Å². The number of rotatable bonds is 3. The first-order chi connectivity index (χ1) is 10.9. The molecule has 118 valence electrons. The number of sulfonamides is 1. The van der Waals surface area contributed by atoms with E-state index >= 15 is 0 Å². The molecule has 0 aliphatic rings. The zero-order valence-corrected chi connectivity index (χ0v) is 13.2. The third kappa shape index (κ3) is 3.01. The van der Waals surface area contributed by atoms with Gasteiger partial charge in [0, 0.05) is 18.9 Å². The van der Waals surface area contributed by atoms with Gasteiger partial charge in [-0.05, 0) is 23.8 Å². The molecule has 0 fully saturated rings. The molecule has 1 aromatic heterocycles. The third-order valence-electron chi connectivity index (χ3n) is 3.66. The smallest absolute Gasteiger partial charge is 0.267 e. The van der Waals surface area contributed by atoms with Crippen molar-refractivity contribution in [1.29, 1.82) is 0 Å². The van der Waals surface area contributed by atoms with Gasteiger partial charge in [-0.3, -0.25) is 4.79 Å². The van der Waals surface area contributed by atoms with Crippen LogP contribution in [-0.4, -0.2) is 18.2 Å². The van der Waals surface area contributed by atoms with E-state index in [0.717, 1.165) is 16.6 Å². The van der Waals surface area contributed by atoms with Crippen LogP contribution in [0.4, 0.5) is 0 Å². The molecule has 0 radical (unpaired) electrons. The molecule has 0 unspecified atom stereocenters. The van der Waals surface area contributed by atoms with Gasteiger partial charge < -0.3 is 0 Å². The van der Waals surface area contributed by atoms with Crippen LogP contribution in [0.2, 0.25) is 0 Å². The fourth-order valence-electron chi connectivity index (χ4n) is 2.50. The minimum Gasteiger partial charge on any atom is -0.267 e. The number of aryl methyl sites for hydroxylation is 1. The molecule has 2 N–H and O–H groups in total. The summed E-state index contributed by atoms with van der Waals surface area (Å²) in [6.45, 7) is 0. The number of primary sulfonamides is 1. The molecule has 0 saturated carbocycles. The highest BCUT2D eigenvalue weighted by Gasteiger charge is 2.11. The summed E-state index contributed by atoms with van der Waals surface area (Å²) in [7, 11) is -2.09. The molecule has 0 aliphatic carbocycles. The lowest BCUT2D eigenvalue weighted by molar-refractivity contribution is 0.598. The lowest BCUT2D eigenvalue weighted by Gasteiger charge is -2.08. The number of fused-ring (bicyclic) bond motifs is 1. The summed E-state index contributed by atoms with van der Waals surface area (Å²) in [6, 6.07) is 13.6. The van der Waals surface area contributed by atoms with Gasteiger partial charge in [-0.1, -0.05) is 30.3 Å². The standard InChI is InChI=1S/C16H15N3O3S/c1-19-16(20)14-5-3-2-4-13(14)15(18-19)10-11-6-8-12(9-7-11)23(17,21)22/h2-9H,10H2,1H3,(H2,17,21,22). The maximum absolute atomic E-state index is 12.1. The van der Waals surface area contributed by atoms with Gasteiger partial charge in [-0.15, -0.1) is 0 Å². The van der Waals surface area contributed by atoms with Crippen LogP contribution >= 0.6 is 0 Å². The quantitative estimate of drug-likeness (QED) is 0.780. The second-order valence-electron chi connectivity index (χ2n) is 5.29. The monoisotopic (exact) mass is 329 g/mol. The number of hydrogen-bond acceptors (Lipinski definition) is 4. The summed E-state index contributed by atoms with van der Waals surface area (Å²) in [5.41, 5.74) is 1.49. The molecule has 0 bridgehead atoms. The van der Waals surface area contributed by atoms with E-state index in [1.54, 1.807) is 25.2 Å². The van der Waals surface area contributed by atoms with Gasteiger partial charge in [0.2, 0.25) is 10.0 Å². The van der Waals surface area contributed by atoms with Crippen LogP contribution in [0, 0.1) is 0 Å². The maximum atomic E-state index is 12.1. The van der Waals surface area contributed by atoms with Crippen molar-refractivity contribution in [3.63, 3.8) is 0 Å². The maximum Gasteiger partial charge on any atom is 0.274 e. The van der Waals surface area contributed by atoms with E-state index in [9.17, 15) is 13.2 Å². The lowest BCUT2D eigenvalue weighted by Crippen LogP contribution is -2.21. The molecule has 3 rings (SSSR count). The van der Waals surface area contributed by atoms with Crippen LogP contribution in [0.15, 0.2) is 58.2 Å². The van der Waals surface area contributed by atoms with Crippen molar-refractivity contribution in [3.05, 3.63) is 70.1 Å². The molecular formula is C16H15N3O3S. The second kappa shape index (κ2) is 5.60. The average Bonchev–Trinajstić information content (AvgIpc) is 2.52. The van der Waals surface area contributed by atoms with Crippen molar-refractivity contribution in [2.45, 2.75) is 11.3 Å². The van der Waals surface area contributed by atoms with Crippen LogP contribution in [-0.2, 0) is 23.5 Å². The van der Waals surface area contributed by atoms with Crippen molar-refractivity contribution >= 4 is 20.8 Å². The van der Waals surface area contributed by atoms with Crippen LogP contribution in [0.3, 0.4) is 0 Å². The average molecular weight is 329 g/mol. The Labute approximate surface area is 133 Å². The number of aromatic nitrogens is 2. The minimum atomic E-state index is -3.70. The predicted octanol–water partition coefficient (Wildman–Crippen LogP) is 1.17. The van der Waals surface area contributed by atoms with Crippen LogP contribution in [0.25, 0.3) is 10.8 Å². The molecule has 0 spiro atoms. The second-order valence-corrected chi connectivity index (χ2v) is 6.85. The predicted molar refractivity (Wildman–Crippen MR) is 87.6 cm³/mol. The van der Waals surface area contributed by atoms with Gasteiger partial charge in [-0.25, -0.2) is 18.2 Å². The normalized spacial score (nSPS) is 11.7. The third-order valence-corrected chi connectivity index (χ3v) is 4.59. The zero-order chi connectivity index (χ0) is 16.6. The number of hydrogen-bond donors (Lipinski definition) is 1. The summed E-state index contributed by atoms with van der Waals surface area (Å²) in [4.78, 5) is 12.2. The Morgan fingerprint density at radius 3 is 2.26 bits per heavy atom. The fraction of sp³-hybridized carbons (Fsp3) is 0.125. The van der Waals surface area contributed by atoms with Crippen LogP contribution in [0.1, 0.15) is 11.3 Å². The van der Waals surface area contributed by atoms with E-state index in [-0.39, 0.29) is 10.5 Å². The highest BCUT2D eigenvalue weighted by atomic mass is 32.2. The molecule has 3 aromatic rings. The first-order valence-electron chi connectivity index (χ1n) is 6.93. The van der Waals surface area contributed by atoms with E-state index in [0.29, 0.717) is 11.8 Å². The molecule has 23 heavy (non-hydrogen) atoms.